The van der Waals surface area contributed by atoms with Crippen molar-refractivity contribution in [2.45, 2.75) is 12.5 Å². The van der Waals surface area contributed by atoms with Crippen LogP contribution in [0.1, 0.15) is 17.3 Å². The Hall–Kier alpha value is -1.81. The molecule has 2 nitrogen and oxygen atoms in total. The van der Waals surface area contributed by atoms with E-state index in [1.54, 1.807) is 12.1 Å². The van der Waals surface area contributed by atoms with Crippen LogP contribution in [-0.4, -0.2) is 4.98 Å². The molecular weight excluding hydrogens is 222 g/mol. The van der Waals surface area contributed by atoms with Crippen molar-refractivity contribution in [3.8, 4) is 0 Å². The Labute approximate surface area is 98.1 Å². The van der Waals surface area contributed by atoms with Crippen molar-refractivity contribution in [1.29, 1.82) is 0 Å². The average molecular weight is 234 g/mol. The maximum Gasteiger partial charge on any atom is 0.146 e. The summed E-state index contributed by atoms with van der Waals surface area (Å²) >= 11 is 0. The summed E-state index contributed by atoms with van der Waals surface area (Å²) in [6.07, 6.45) is 1.93. The van der Waals surface area contributed by atoms with E-state index < -0.39 is 11.9 Å². The van der Waals surface area contributed by atoms with Crippen molar-refractivity contribution in [3.63, 3.8) is 0 Å². The molecule has 0 saturated carbocycles. The Kier molecular flexibility index (Phi) is 3.44. The fraction of sp³-hybridized carbons (Fsp3) is 0.154. The molecule has 1 atom stereocenters. The van der Waals surface area contributed by atoms with E-state index in [-0.39, 0.29) is 11.5 Å². The zero-order valence-electron chi connectivity index (χ0n) is 9.11. The molecule has 88 valence electrons. The summed E-state index contributed by atoms with van der Waals surface area (Å²) < 4.78 is 26.1. The number of benzene rings is 1. The van der Waals surface area contributed by atoms with Crippen LogP contribution in [0.3, 0.4) is 0 Å². The third kappa shape index (κ3) is 2.85. The van der Waals surface area contributed by atoms with Gasteiger partial charge in [-0.1, -0.05) is 12.1 Å². The van der Waals surface area contributed by atoms with Crippen molar-refractivity contribution in [3.05, 3.63) is 65.5 Å². The zero-order valence-corrected chi connectivity index (χ0v) is 9.11. The molecule has 4 heteroatoms. The summed E-state index contributed by atoms with van der Waals surface area (Å²) in [5.74, 6) is -0.714. The van der Waals surface area contributed by atoms with Gasteiger partial charge in [-0.3, -0.25) is 4.98 Å². The van der Waals surface area contributed by atoms with Gasteiger partial charge in [-0.15, -0.1) is 0 Å². The summed E-state index contributed by atoms with van der Waals surface area (Å²) in [4.78, 5) is 3.92. The van der Waals surface area contributed by atoms with Gasteiger partial charge in [-0.25, -0.2) is 8.78 Å². The van der Waals surface area contributed by atoms with Gasteiger partial charge in [0.15, 0.2) is 0 Å². The summed E-state index contributed by atoms with van der Waals surface area (Å²) in [7, 11) is 0. The van der Waals surface area contributed by atoms with E-state index in [9.17, 15) is 8.78 Å². The lowest BCUT2D eigenvalue weighted by Gasteiger charge is -2.11. The second kappa shape index (κ2) is 5.01. The van der Waals surface area contributed by atoms with Crippen molar-refractivity contribution in [1.82, 2.24) is 4.98 Å². The van der Waals surface area contributed by atoms with Gasteiger partial charge in [0, 0.05) is 6.20 Å². The van der Waals surface area contributed by atoms with Crippen LogP contribution in [0.25, 0.3) is 0 Å². The van der Waals surface area contributed by atoms with Crippen LogP contribution < -0.4 is 5.73 Å². The molecule has 0 aliphatic carbocycles. The van der Waals surface area contributed by atoms with E-state index in [0.29, 0.717) is 6.42 Å². The molecule has 2 N–H and O–H groups in total. The molecule has 0 radical (unpaired) electrons. The average Bonchev–Trinajstić information content (AvgIpc) is 2.32. The lowest BCUT2D eigenvalue weighted by Crippen LogP contribution is -2.16. The summed E-state index contributed by atoms with van der Waals surface area (Å²) in [6.45, 7) is 0. The standard InChI is InChI=1S/C13H12F2N2/c14-10-5-3-9(4-6-10)8-12(16)13-11(15)2-1-7-17-13/h1-7,12H,8,16H2. The molecule has 0 bridgehead atoms. The van der Waals surface area contributed by atoms with Crippen molar-refractivity contribution >= 4 is 0 Å². The molecule has 1 aromatic carbocycles. The highest BCUT2D eigenvalue weighted by Gasteiger charge is 2.12. The van der Waals surface area contributed by atoms with Crippen molar-refractivity contribution in [2.75, 3.05) is 0 Å². The Balaban J connectivity index is 2.14. The van der Waals surface area contributed by atoms with Crippen LogP contribution in [0.2, 0.25) is 0 Å². The first-order valence-electron chi connectivity index (χ1n) is 5.27. The van der Waals surface area contributed by atoms with Gasteiger partial charge in [0.2, 0.25) is 0 Å². The predicted molar refractivity (Wildman–Crippen MR) is 61.2 cm³/mol. The molecule has 0 spiro atoms. The van der Waals surface area contributed by atoms with Gasteiger partial charge < -0.3 is 5.73 Å². The molecule has 17 heavy (non-hydrogen) atoms. The number of hydrogen-bond donors (Lipinski definition) is 1. The van der Waals surface area contributed by atoms with Crippen LogP contribution in [0, 0.1) is 11.6 Å². The third-order valence-corrected chi connectivity index (χ3v) is 2.51. The monoisotopic (exact) mass is 234 g/mol. The number of pyridine rings is 1. The zero-order chi connectivity index (χ0) is 12.3. The molecule has 0 aliphatic heterocycles. The van der Waals surface area contributed by atoms with Gasteiger partial charge in [-0.05, 0) is 36.2 Å². The van der Waals surface area contributed by atoms with Gasteiger partial charge in [0.25, 0.3) is 0 Å². The molecule has 0 amide bonds. The van der Waals surface area contributed by atoms with Crippen LogP contribution in [0.5, 0.6) is 0 Å². The molecular formula is C13H12F2N2. The first-order chi connectivity index (χ1) is 8.16. The minimum Gasteiger partial charge on any atom is -0.322 e. The van der Waals surface area contributed by atoms with Crippen molar-refractivity contribution < 1.29 is 8.78 Å². The van der Waals surface area contributed by atoms with E-state index in [0.717, 1.165) is 5.56 Å². The van der Waals surface area contributed by atoms with Gasteiger partial charge in [0.05, 0.1) is 11.7 Å². The van der Waals surface area contributed by atoms with Crippen LogP contribution in [-0.2, 0) is 6.42 Å². The Morgan fingerprint density at radius 3 is 2.47 bits per heavy atom. The number of rotatable bonds is 3. The second-order valence-corrected chi connectivity index (χ2v) is 3.81. The number of aromatic nitrogens is 1. The number of halogens is 2. The molecule has 1 unspecified atom stereocenters. The predicted octanol–water partition coefficient (Wildman–Crippen LogP) is 2.60. The first-order valence-corrected chi connectivity index (χ1v) is 5.27. The summed E-state index contributed by atoms with van der Waals surface area (Å²) in [5, 5.41) is 0. The maximum absolute atomic E-state index is 13.4. The van der Waals surface area contributed by atoms with E-state index in [2.05, 4.69) is 4.98 Å². The van der Waals surface area contributed by atoms with Crippen LogP contribution in [0.4, 0.5) is 8.78 Å². The SMILES string of the molecule is NC(Cc1ccc(F)cc1)c1ncccc1F. The summed E-state index contributed by atoms with van der Waals surface area (Å²) in [5.41, 5.74) is 6.95. The fourth-order valence-electron chi connectivity index (χ4n) is 1.64. The Bertz CT molecular complexity index is 497. The van der Waals surface area contributed by atoms with Gasteiger partial charge in [0.1, 0.15) is 11.6 Å². The Morgan fingerprint density at radius 2 is 1.82 bits per heavy atom. The van der Waals surface area contributed by atoms with Crippen molar-refractivity contribution in [2.24, 2.45) is 5.73 Å². The maximum atomic E-state index is 13.4. The quantitative estimate of drug-likeness (QED) is 0.886. The lowest BCUT2D eigenvalue weighted by molar-refractivity contribution is 0.563. The minimum atomic E-state index is -0.526. The number of nitrogens with zero attached hydrogens (tertiary/aromatic N) is 1. The first kappa shape index (κ1) is 11.7. The number of hydrogen-bond acceptors (Lipinski definition) is 2. The van der Waals surface area contributed by atoms with E-state index in [1.807, 2.05) is 0 Å². The minimum absolute atomic E-state index is 0.233. The molecule has 0 saturated heterocycles. The van der Waals surface area contributed by atoms with E-state index in [1.165, 1.54) is 30.5 Å². The van der Waals surface area contributed by atoms with E-state index in [4.69, 9.17) is 5.73 Å². The normalized spacial score (nSPS) is 12.4. The highest BCUT2D eigenvalue weighted by molar-refractivity contribution is 5.20. The molecule has 2 aromatic rings. The Morgan fingerprint density at radius 1 is 1.12 bits per heavy atom. The molecule has 2 rings (SSSR count). The smallest absolute Gasteiger partial charge is 0.146 e. The summed E-state index contributed by atoms with van der Waals surface area (Å²) in [6, 6.07) is 8.30. The van der Waals surface area contributed by atoms with Gasteiger partial charge >= 0.3 is 0 Å². The third-order valence-electron chi connectivity index (χ3n) is 2.51. The second-order valence-electron chi connectivity index (χ2n) is 3.81. The highest BCUT2D eigenvalue weighted by Crippen LogP contribution is 2.16. The molecule has 0 aliphatic rings. The van der Waals surface area contributed by atoms with Crippen LogP contribution >= 0.6 is 0 Å². The molecule has 0 fully saturated rings. The largest absolute Gasteiger partial charge is 0.322 e. The highest BCUT2D eigenvalue weighted by atomic mass is 19.1. The molecule has 1 aromatic heterocycles. The van der Waals surface area contributed by atoms with Crippen LogP contribution in [0.15, 0.2) is 42.6 Å². The van der Waals surface area contributed by atoms with Gasteiger partial charge in [-0.2, -0.15) is 0 Å². The lowest BCUT2D eigenvalue weighted by atomic mass is 10.0. The molecule has 1 heterocycles. The number of nitrogens with two attached hydrogens (primary N) is 1. The topological polar surface area (TPSA) is 38.9 Å². The van der Waals surface area contributed by atoms with E-state index >= 15 is 0 Å². The fourth-order valence-corrected chi connectivity index (χ4v) is 1.64.